The maximum Gasteiger partial charge on any atom is 0.416 e. The van der Waals surface area contributed by atoms with Gasteiger partial charge in [-0.05, 0) is 43.7 Å². The van der Waals surface area contributed by atoms with Crippen LogP contribution < -0.4 is 10.0 Å². The van der Waals surface area contributed by atoms with Crippen molar-refractivity contribution in [2.75, 3.05) is 5.32 Å². The number of halogens is 3. The molecular weight excluding hydrogens is 399 g/mol. The van der Waals surface area contributed by atoms with Gasteiger partial charge in [0.1, 0.15) is 5.69 Å². The molecule has 0 radical (unpaired) electrons. The van der Waals surface area contributed by atoms with Crippen LogP contribution in [0.2, 0.25) is 0 Å². The molecule has 0 amide bonds. The number of hydrogen-bond donors (Lipinski definition) is 2. The number of sulfonamides is 1. The first kappa shape index (κ1) is 21.6. The lowest BCUT2D eigenvalue weighted by Crippen LogP contribution is -2.30. The zero-order chi connectivity index (χ0) is 21.1. The molecule has 7 nitrogen and oxygen atoms in total. The molecule has 0 saturated heterocycles. The Balaban J connectivity index is 2.25. The van der Waals surface area contributed by atoms with Gasteiger partial charge in [-0.1, -0.05) is 12.1 Å². The highest BCUT2D eigenvalue weighted by atomic mass is 32.2. The van der Waals surface area contributed by atoms with Gasteiger partial charge in [-0.2, -0.15) is 13.2 Å². The van der Waals surface area contributed by atoms with Crippen molar-refractivity contribution in [1.82, 2.24) is 4.72 Å². The Morgan fingerprint density at radius 2 is 1.82 bits per heavy atom. The second kappa shape index (κ2) is 8.15. The number of rotatable bonds is 7. The van der Waals surface area contributed by atoms with Gasteiger partial charge in [0.25, 0.3) is 5.69 Å². The summed E-state index contributed by atoms with van der Waals surface area (Å²) in [6.45, 7) is 3.33. The number of benzene rings is 2. The number of nitro benzene ring substituents is 1. The second-order valence-corrected chi connectivity index (χ2v) is 7.98. The predicted octanol–water partition coefficient (Wildman–Crippen LogP) is 3.91. The summed E-state index contributed by atoms with van der Waals surface area (Å²) in [5.41, 5.74) is -1.47. The summed E-state index contributed by atoms with van der Waals surface area (Å²) in [6, 6.07) is 7.74. The molecule has 2 N–H and O–H groups in total. The topological polar surface area (TPSA) is 101 Å². The average Bonchev–Trinajstić information content (AvgIpc) is 2.58. The first-order chi connectivity index (χ1) is 12.9. The van der Waals surface area contributed by atoms with E-state index < -0.39 is 32.4 Å². The summed E-state index contributed by atoms with van der Waals surface area (Å²) >= 11 is 0. The number of nitrogens with zero attached hydrogens (tertiary/aromatic N) is 1. The van der Waals surface area contributed by atoms with Crippen LogP contribution in [0, 0.1) is 10.1 Å². The maximum atomic E-state index is 12.8. The van der Waals surface area contributed by atoms with E-state index in [0.717, 1.165) is 12.1 Å². The van der Waals surface area contributed by atoms with Crippen molar-refractivity contribution in [3.63, 3.8) is 0 Å². The fraction of sp³-hybridized carbons (Fsp3) is 0.294. The molecule has 0 spiro atoms. The number of alkyl halides is 3. The fourth-order valence-corrected chi connectivity index (χ4v) is 3.73. The summed E-state index contributed by atoms with van der Waals surface area (Å²) in [5.74, 6) is 0. The highest BCUT2D eigenvalue weighted by Crippen LogP contribution is 2.35. The molecule has 0 aliphatic heterocycles. The normalized spacial score (nSPS) is 12.2. The number of anilines is 1. The van der Waals surface area contributed by atoms with Crippen LogP contribution in [0.5, 0.6) is 0 Å². The monoisotopic (exact) mass is 417 g/mol. The summed E-state index contributed by atoms with van der Waals surface area (Å²) in [5, 5.41) is 13.8. The van der Waals surface area contributed by atoms with Crippen molar-refractivity contribution in [1.29, 1.82) is 0 Å². The predicted molar refractivity (Wildman–Crippen MR) is 97.3 cm³/mol. The molecular formula is C17H18F3N3O4S. The van der Waals surface area contributed by atoms with Crippen molar-refractivity contribution in [2.24, 2.45) is 0 Å². The number of hydrogen-bond acceptors (Lipinski definition) is 5. The van der Waals surface area contributed by atoms with Gasteiger partial charge in [0.05, 0.1) is 15.4 Å². The highest BCUT2D eigenvalue weighted by molar-refractivity contribution is 7.89. The van der Waals surface area contributed by atoms with Crippen molar-refractivity contribution in [3.8, 4) is 0 Å². The van der Waals surface area contributed by atoms with Crippen LogP contribution in [0.1, 0.15) is 25.0 Å². The molecule has 2 aromatic carbocycles. The fourth-order valence-electron chi connectivity index (χ4n) is 2.41. The lowest BCUT2D eigenvalue weighted by atomic mass is 10.1. The van der Waals surface area contributed by atoms with Crippen LogP contribution in [0.25, 0.3) is 0 Å². The molecule has 0 aliphatic carbocycles. The largest absolute Gasteiger partial charge is 0.416 e. The molecule has 28 heavy (non-hydrogen) atoms. The van der Waals surface area contributed by atoms with E-state index >= 15 is 0 Å². The van der Waals surface area contributed by atoms with Gasteiger partial charge in [-0.25, -0.2) is 13.1 Å². The first-order valence-corrected chi connectivity index (χ1v) is 9.59. The van der Waals surface area contributed by atoms with Crippen molar-refractivity contribution < 1.29 is 26.5 Å². The summed E-state index contributed by atoms with van der Waals surface area (Å²) in [6.07, 6.45) is -4.70. The molecule has 0 atom stereocenters. The summed E-state index contributed by atoms with van der Waals surface area (Å²) in [7, 11) is -3.72. The zero-order valence-electron chi connectivity index (χ0n) is 14.9. The molecule has 0 aliphatic rings. The lowest BCUT2D eigenvalue weighted by Gasteiger charge is -2.12. The third-order valence-corrected chi connectivity index (χ3v) is 5.26. The Morgan fingerprint density at radius 1 is 1.14 bits per heavy atom. The zero-order valence-corrected chi connectivity index (χ0v) is 15.8. The minimum Gasteiger partial charge on any atom is -0.375 e. The molecule has 0 unspecified atom stereocenters. The quantitative estimate of drug-likeness (QED) is 0.525. The van der Waals surface area contributed by atoms with Gasteiger partial charge in [0.15, 0.2) is 0 Å². The van der Waals surface area contributed by atoms with Crippen LogP contribution in [-0.4, -0.2) is 19.4 Å². The average molecular weight is 417 g/mol. The Bertz CT molecular complexity index is 976. The Hall–Kier alpha value is -2.66. The Morgan fingerprint density at radius 3 is 2.39 bits per heavy atom. The van der Waals surface area contributed by atoms with Crippen LogP contribution in [-0.2, 0) is 22.7 Å². The van der Waals surface area contributed by atoms with Crippen LogP contribution in [0.15, 0.2) is 47.4 Å². The molecule has 0 bridgehead atoms. The standard InChI is InChI=1S/C17H18F3N3O4S/c1-11(2)22-28(26,27)14-5-3-4-12(8-14)10-21-15-7-6-13(17(18,19)20)9-16(15)23(24)25/h3-9,11,21-22H,10H2,1-2H3. The van der Waals surface area contributed by atoms with Crippen molar-refractivity contribution >= 4 is 21.4 Å². The molecule has 11 heteroatoms. The summed E-state index contributed by atoms with van der Waals surface area (Å²) in [4.78, 5) is 10.2. The van der Waals surface area contributed by atoms with E-state index in [1.54, 1.807) is 19.9 Å². The van der Waals surface area contributed by atoms with Gasteiger partial charge in [0, 0.05) is 18.7 Å². The van der Waals surface area contributed by atoms with E-state index in [2.05, 4.69) is 10.0 Å². The van der Waals surface area contributed by atoms with Crippen molar-refractivity contribution in [2.45, 2.75) is 37.5 Å². The number of nitrogens with one attached hydrogen (secondary N) is 2. The first-order valence-electron chi connectivity index (χ1n) is 8.11. The lowest BCUT2D eigenvalue weighted by molar-refractivity contribution is -0.384. The third-order valence-electron chi connectivity index (χ3n) is 3.60. The Kier molecular flexibility index (Phi) is 6.30. The molecule has 0 heterocycles. The molecule has 2 aromatic rings. The maximum absolute atomic E-state index is 12.8. The van der Waals surface area contributed by atoms with Gasteiger partial charge in [-0.3, -0.25) is 10.1 Å². The van der Waals surface area contributed by atoms with E-state index in [-0.39, 0.29) is 23.2 Å². The van der Waals surface area contributed by atoms with Gasteiger partial charge in [-0.15, -0.1) is 0 Å². The van der Waals surface area contributed by atoms with E-state index in [1.807, 2.05) is 0 Å². The minimum atomic E-state index is -4.70. The van der Waals surface area contributed by atoms with Crippen molar-refractivity contribution in [3.05, 3.63) is 63.7 Å². The molecule has 2 rings (SSSR count). The van der Waals surface area contributed by atoms with E-state index in [4.69, 9.17) is 0 Å². The molecule has 0 fully saturated rings. The molecule has 152 valence electrons. The van der Waals surface area contributed by atoms with Crippen LogP contribution >= 0.6 is 0 Å². The second-order valence-electron chi connectivity index (χ2n) is 6.26. The smallest absolute Gasteiger partial charge is 0.375 e. The SMILES string of the molecule is CC(C)NS(=O)(=O)c1cccc(CNc2ccc(C(F)(F)F)cc2[N+](=O)[O-])c1. The van der Waals surface area contributed by atoms with Gasteiger partial charge >= 0.3 is 6.18 Å². The summed E-state index contributed by atoms with van der Waals surface area (Å²) < 4.78 is 65.1. The van der Waals surface area contributed by atoms with E-state index in [0.29, 0.717) is 11.6 Å². The van der Waals surface area contributed by atoms with Crippen LogP contribution in [0.3, 0.4) is 0 Å². The van der Waals surface area contributed by atoms with Gasteiger partial charge < -0.3 is 5.32 Å². The Labute approximate surface area is 159 Å². The molecule has 0 aromatic heterocycles. The van der Waals surface area contributed by atoms with Gasteiger partial charge in [0.2, 0.25) is 10.0 Å². The highest BCUT2D eigenvalue weighted by Gasteiger charge is 2.33. The van der Waals surface area contributed by atoms with Crippen LogP contribution in [0.4, 0.5) is 24.5 Å². The van der Waals surface area contributed by atoms with E-state index in [9.17, 15) is 31.7 Å². The number of nitro groups is 1. The minimum absolute atomic E-state index is 0.0161. The van der Waals surface area contributed by atoms with E-state index in [1.165, 1.54) is 18.2 Å². The third kappa shape index (κ3) is 5.42. The molecule has 0 saturated carbocycles.